The van der Waals surface area contributed by atoms with Gasteiger partial charge in [-0.2, -0.15) is 5.10 Å². The van der Waals surface area contributed by atoms with Gasteiger partial charge < -0.3 is 10.6 Å². The van der Waals surface area contributed by atoms with E-state index in [1.165, 1.54) is 18.2 Å². The molecule has 1 aliphatic rings. The van der Waals surface area contributed by atoms with Crippen molar-refractivity contribution in [1.29, 1.82) is 0 Å². The van der Waals surface area contributed by atoms with Gasteiger partial charge in [-0.1, -0.05) is 13.0 Å². The summed E-state index contributed by atoms with van der Waals surface area (Å²) in [6, 6.07) is 7.14. The first kappa shape index (κ1) is 21.2. The molecule has 0 aliphatic carbocycles. The number of rotatable bonds is 4. The van der Waals surface area contributed by atoms with Crippen LogP contribution in [0.25, 0.3) is 33.4 Å². The molecule has 2 aromatic heterocycles. The summed E-state index contributed by atoms with van der Waals surface area (Å²) < 4.78 is 43.4. The molecule has 1 saturated heterocycles. The van der Waals surface area contributed by atoms with Crippen LogP contribution in [0, 0.1) is 23.4 Å². The van der Waals surface area contributed by atoms with Crippen molar-refractivity contribution in [3.05, 3.63) is 64.2 Å². The molecule has 0 saturated carbocycles. The summed E-state index contributed by atoms with van der Waals surface area (Å²) in [5.74, 6) is -1.80. The second-order valence-electron chi connectivity index (χ2n) is 8.37. The quantitative estimate of drug-likeness (QED) is 0.376. The van der Waals surface area contributed by atoms with E-state index in [2.05, 4.69) is 37.7 Å². The topological polar surface area (TPSA) is 98.5 Å². The third-order valence-corrected chi connectivity index (χ3v) is 5.78. The Morgan fingerprint density at radius 1 is 1.06 bits per heavy atom. The van der Waals surface area contributed by atoms with Gasteiger partial charge in [0.2, 0.25) is 5.95 Å². The molecule has 5 rings (SSSR count). The van der Waals surface area contributed by atoms with Crippen LogP contribution in [0.2, 0.25) is 0 Å². The third-order valence-electron chi connectivity index (χ3n) is 5.78. The first-order valence-electron chi connectivity index (χ1n) is 10.6. The lowest BCUT2D eigenvalue weighted by Gasteiger charge is -2.28. The number of piperidine rings is 1. The smallest absolute Gasteiger partial charge is 0.252 e. The third kappa shape index (κ3) is 4.09. The van der Waals surface area contributed by atoms with Gasteiger partial charge in [0, 0.05) is 35.7 Å². The van der Waals surface area contributed by atoms with E-state index in [4.69, 9.17) is 0 Å². The van der Waals surface area contributed by atoms with Crippen molar-refractivity contribution in [2.45, 2.75) is 19.4 Å². The summed E-state index contributed by atoms with van der Waals surface area (Å²) in [4.78, 5) is 19.5. The van der Waals surface area contributed by atoms with Crippen LogP contribution in [0.1, 0.15) is 13.3 Å². The molecule has 0 unspecified atom stereocenters. The number of fused-ring (bicyclic) bond motifs is 1. The largest absolute Gasteiger partial charge is 0.352 e. The molecule has 0 amide bonds. The molecule has 2 atom stereocenters. The Morgan fingerprint density at radius 2 is 1.85 bits per heavy atom. The van der Waals surface area contributed by atoms with Crippen molar-refractivity contribution < 1.29 is 13.2 Å². The fourth-order valence-electron chi connectivity index (χ4n) is 4.29. The van der Waals surface area contributed by atoms with Crippen molar-refractivity contribution in [3.8, 4) is 22.5 Å². The maximum absolute atomic E-state index is 14.7. The van der Waals surface area contributed by atoms with E-state index in [-0.39, 0.29) is 28.9 Å². The monoisotopic (exact) mass is 454 g/mol. The van der Waals surface area contributed by atoms with Gasteiger partial charge in [-0.25, -0.2) is 18.2 Å². The SMILES string of the molecule is C[C@@H]1CNC[C@H](Nc2nc(-c3n[nH]c4cc(F)c(-c5c(F)cccc5F)cc34)cc(=O)[nH]2)C1. The predicted molar refractivity (Wildman–Crippen MR) is 119 cm³/mol. The van der Waals surface area contributed by atoms with Crippen LogP contribution in [0.15, 0.2) is 41.2 Å². The number of halogens is 3. The highest BCUT2D eigenvalue weighted by atomic mass is 19.1. The molecule has 0 spiro atoms. The predicted octanol–water partition coefficient (Wildman–Crippen LogP) is 3.81. The van der Waals surface area contributed by atoms with Crippen LogP contribution in [0.4, 0.5) is 19.1 Å². The van der Waals surface area contributed by atoms with Crippen LogP contribution >= 0.6 is 0 Å². The van der Waals surface area contributed by atoms with Gasteiger partial charge in [0.15, 0.2) is 0 Å². The molecule has 1 fully saturated rings. The van der Waals surface area contributed by atoms with Gasteiger partial charge in [-0.3, -0.25) is 14.9 Å². The lowest BCUT2D eigenvalue weighted by Crippen LogP contribution is -2.42. The summed E-state index contributed by atoms with van der Waals surface area (Å²) >= 11 is 0. The number of anilines is 1. The van der Waals surface area contributed by atoms with Crippen LogP contribution in [-0.2, 0) is 0 Å². The van der Waals surface area contributed by atoms with Gasteiger partial charge in [-0.15, -0.1) is 0 Å². The Kier molecular flexibility index (Phi) is 5.37. The Hall–Kier alpha value is -3.66. The molecule has 0 radical (unpaired) electrons. The molecule has 7 nitrogen and oxygen atoms in total. The molecule has 0 bridgehead atoms. The van der Waals surface area contributed by atoms with E-state index in [9.17, 15) is 18.0 Å². The molecule has 3 heterocycles. The molecule has 2 aromatic carbocycles. The molecule has 33 heavy (non-hydrogen) atoms. The van der Waals surface area contributed by atoms with Gasteiger partial charge >= 0.3 is 0 Å². The van der Waals surface area contributed by atoms with Crippen LogP contribution in [0.5, 0.6) is 0 Å². The zero-order chi connectivity index (χ0) is 23.1. The average molecular weight is 454 g/mol. The minimum absolute atomic E-state index is 0.0906. The van der Waals surface area contributed by atoms with E-state index in [0.717, 1.165) is 37.7 Å². The van der Waals surface area contributed by atoms with Crippen molar-refractivity contribution in [1.82, 2.24) is 25.5 Å². The number of hydrogen-bond acceptors (Lipinski definition) is 5. The molecule has 4 aromatic rings. The number of nitrogens with zero attached hydrogens (tertiary/aromatic N) is 2. The van der Waals surface area contributed by atoms with Crippen LogP contribution in [0.3, 0.4) is 0 Å². The highest BCUT2D eigenvalue weighted by Gasteiger charge is 2.21. The Labute approximate surface area is 186 Å². The fraction of sp³-hybridized carbons (Fsp3) is 0.261. The number of hydrogen-bond donors (Lipinski definition) is 4. The second kappa shape index (κ2) is 8.36. The molecule has 10 heteroatoms. The van der Waals surface area contributed by atoms with Crippen molar-refractivity contribution >= 4 is 16.9 Å². The molecule has 1 aliphatic heterocycles. The number of H-pyrrole nitrogens is 2. The summed E-state index contributed by atoms with van der Waals surface area (Å²) in [7, 11) is 0. The standard InChI is InChI=1S/C23H21F3N6O/c1-11-5-12(10-27-9-11)28-23-29-19(8-20(33)30-23)22-14-6-13(17(26)7-18(14)31-32-22)21-15(24)3-2-4-16(21)25/h2-4,6-8,11-12,27H,5,9-10H2,1H3,(H,31,32)(H2,28,29,30,33)/t11-,12+/m0/s1. The lowest BCUT2D eigenvalue weighted by atomic mass is 9.98. The van der Waals surface area contributed by atoms with Gasteiger partial charge in [-0.05, 0) is 37.1 Å². The zero-order valence-corrected chi connectivity index (χ0v) is 17.7. The van der Waals surface area contributed by atoms with E-state index in [1.54, 1.807) is 0 Å². The zero-order valence-electron chi connectivity index (χ0n) is 17.7. The summed E-state index contributed by atoms with van der Waals surface area (Å²) in [5, 5.41) is 13.8. The highest BCUT2D eigenvalue weighted by Crippen LogP contribution is 2.34. The molecule has 4 N–H and O–H groups in total. The minimum Gasteiger partial charge on any atom is -0.352 e. The first-order chi connectivity index (χ1) is 15.9. The Bertz CT molecular complexity index is 1380. The summed E-state index contributed by atoms with van der Waals surface area (Å²) in [6.07, 6.45) is 0.920. The number of nitrogens with one attached hydrogen (secondary N) is 4. The van der Waals surface area contributed by atoms with E-state index in [0.29, 0.717) is 16.8 Å². The van der Waals surface area contributed by atoms with Crippen molar-refractivity contribution in [3.63, 3.8) is 0 Å². The minimum atomic E-state index is -0.880. The number of aromatic amines is 2. The van der Waals surface area contributed by atoms with Crippen molar-refractivity contribution in [2.75, 3.05) is 18.4 Å². The molecular formula is C23H21F3N6O. The van der Waals surface area contributed by atoms with E-state index >= 15 is 0 Å². The first-order valence-corrected chi connectivity index (χ1v) is 10.6. The second-order valence-corrected chi connectivity index (χ2v) is 8.37. The average Bonchev–Trinajstić information content (AvgIpc) is 3.16. The maximum atomic E-state index is 14.7. The summed E-state index contributed by atoms with van der Waals surface area (Å²) in [5.41, 5.74) is -0.276. The Balaban J connectivity index is 1.58. The van der Waals surface area contributed by atoms with Gasteiger partial charge in [0.25, 0.3) is 5.56 Å². The Morgan fingerprint density at radius 3 is 2.61 bits per heavy atom. The van der Waals surface area contributed by atoms with E-state index < -0.39 is 28.6 Å². The fourth-order valence-corrected chi connectivity index (χ4v) is 4.29. The summed E-state index contributed by atoms with van der Waals surface area (Å²) in [6.45, 7) is 3.81. The number of aromatic nitrogens is 4. The van der Waals surface area contributed by atoms with Gasteiger partial charge in [0.05, 0.1) is 11.1 Å². The molecular weight excluding hydrogens is 433 g/mol. The molecule has 170 valence electrons. The van der Waals surface area contributed by atoms with Gasteiger partial charge in [0.1, 0.15) is 28.8 Å². The maximum Gasteiger partial charge on any atom is 0.252 e. The van der Waals surface area contributed by atoms with E-state index in [1.807, 2.05) is 0 Å². The highest BCUT2D eigenvalue weighted by molar-refractivity contribution is 5.95. The number of benzene rings is 2. The normalized spacial score (nSPS) is 18.5. The lowest BCUT2D eigenvalue weighted by molar-refractivity contribution is 0.377. The van der Waals surface area contributed by atoms with Crippen LogP contribution in [-0.4, -0.2) is 39.3 Å². The van der Waals surface area contributed by atoms with Crippen LogP contribution < -0.4 is 16.2 Å². The van der Waals surface area contributed by atoms with Crippen molar-refractivity contribution in [2.24, 2.45) is 5.92 Å².